The van der Waals surface area contributed by atoms with Gasteiger partial charge in [-0.25, -0.2) is 9.37 Å². The van der Waals surface area contributed by atoms with Gasteiger partial charge in [-0.15, -0.1) is 0 Å². The molecular weight excluding hydrogens is 478 g/mol. The molecule has 2 bridgehead atoms. The van der Waals surface area contributed by atoms with E-state index in [2.05, 4.69) is 10.3 Å². The zero-order chi connectivity index (χ0) is 25.0. The Balaban J connectivity index is 1.31. The summed E-state index contributed by atoms with van der Waals surface area (Å²) >= 11 is 0. The maximum atomic E-state index is 15.4. The quantitative estimate of drug-likeness (QED) is 0.635. The molecular formula is C25H27F4N5O2. The molecule has 4 aliphatic rings. The summed E-state index contributed by atoms with van der Waals surface area (Å²) in [6, 6.07) is 6.87. The highest BCUT2D eigenvalue weighted by Crippen LogP contribution is 2.43. The molecule has 4 aliphatic heterocycles. The predicted molar refractivity (Wildman–Crippen MR) is 126 cm³/mol. The number of piperidine rings is 1. The molecule has 1 N–H and O–H groups in total. The number of nitrogens with one attached hydrogen (secondary N) is 1. The second-order valence-corrected chi connectivity index (χ2v) is 10.0. The summed E-state index contributed by atoms with van der Waals surface area (Å²) < 4.78 is 59.5. The van der Waals surface area contributed by atoms with Crippen molar-refractivity contribution >= 4 is 28.8 Å². The van der Waals surface area contributed by atoms with E-state index in [1.54, 1.807) is 23.2 Å². The first-order chi connectivity index (χ1) is 17.2. The molecule has 36 heavy (non-hydrogen) atoms. The number of amides is 1. The minimum Gasteiger partial charge on any atom is -0.374 e. The number of fused-ring (bicyclic) bond motifs is 4. The van der Waals surface area contributed by atoms with Crippen molar-refractivity contribution in [2.45, 2.75) is 44.1 Å². The average Bonchev–Trinajstić information content (AvgIpc) is 3.43. The van der Waals surface area contributed by atoms with Gasteiger partial charge in [0.1, 0.15) is 11.6 Å². The van der Waals surface area contributed by atoms with Gasteiger partial charge in [-0.3, -0.25) is 9.69 Å². The van der Waals surface area contributed by atoms with Gasteiger partial charge in [-0.1, -0.05) is 6.07 Å². The van der Waals surface area contributed by atoms with E-state index in [-0.39, 0.29) is 43.5 Å². The summed E-state index contributed by atoms with van der Waals surface area (Å²) in [5.74, 6) is -0.411. The fourth-order valence-corrected chi connectivity index (χ4v) is 5.86. The van der Waals surface area contributed by atoms with E-state index in [1.807, 2.05) is 11.0 Å². The lowest BCUT2D eigenvalue weighted by atomic mass is 9.94. The number of hydrogen-bond donors (Lipinski definition) is 1. The van der Waals surface area contributed by atoms with Gasteiger partial charge in [0, 0.05) is 30.3 Å². The molecule has 0 unspecified atom stereocenters. The number of carbonyl (C=O) groups is 1. The Hall–Kier alpha value is -2.92. The van der Waals surface area contributed by atoms with Crippen LogP contribution in [0.15, 0.2) is 30.5 Å². The molecule has 2 atom stereocenters. The maximum Gasteiger partial charge on any atom is 0.401 e. The van der Waals surface area contributed by atoms with Gasteiger partial charge in [-0.05, 0) is 44.5 Å². The van der Waals surface area contributed by atoms with Gasteiger partial charge in [0.2, 0.25) is 5.91 Å². The summed E-state index contributed by atoms with van der Waals surface area (Å²) in [4.78, 5) is 23.2. The molecule has 0 spiro atoms. The number of alkyl halides is 3. The average molecular weight is 506 g/mol. The van der Waals surface area contributed by atoms with Crippen LogP contribution in [0.1, 0.15) is 24.8 Å². The lowest BCUT2D eigenvalue weighted by Crippen LogP contribution is -2.45. The van der Waals surface area contributed by atoms with E-state index < -0.39 is 18.6 Å². The Labute approximate surface area is 206 Å². The van der Waals surface area contributed by atoms with E-state index >= 15 is 4.39 Å². The molecule has 3 saturated heterocycles. The van der Waals surface area contributed by atoms with Gasteiger partial charge in [0.25, 0.3) is 0 Å². The number of halogens is 4. The number of anilines is 4. The minimum absolute atomic E-state index is 0.0828. The molecule has 1 amide bonds. The van der Waals surface area contributed by atoms with E-state index in [9.17, 15) is 18.0 Å². The van der Waals surface area contributed by atoms with Gasteiger partial charge in [-0.2, -0.15) is 13.2 Å². The van der Waals surface area contributed by atoms with Crippen molar-refractivity contribution < 1.29 is 27.1 Å². The first-order valence-electron chi connectivity index (χ1n) is 12.3. The third-order valence-corrected chi connectivity index (χ3v) is 7.64. The highest BCUT2D eigenvalue weighted by atomic mass is 19.4. The molecule has 0 saturated carbocycles. The van der Waals surface area contributed by atoms with Crippen LogP contribution in [0.25, 0.3) is 0 Å². The van der Waals surface area contributed by atoms with Crippen LogP contribution in [-0.2, 0) is 16.1 Å². The van der Waals surface area contributed by atoms with Gasteiger partial charge < -0.3 is 19.9 Å². The van der Waals surface area contributed by atoms with E-state index in [0.717, 1.165) is 12.0 Å². The first-order valence-corrected chi connectivity index (χ1v) is 12.3. The zero-order valence-corrected chi connectivity index (χ0v) is 19.6. The number of aromatic nitrogens is 1. The van der Waals surface area contributed by atoms with Crippen LogP contribution in [0.4, 0.5) is 40.4 Å². The normalized spacial score (nSPS) is 24.3. The number of benzene rings is 1. The van der Waals surface area contributed by atoms with Gasteiger partial charge in [0.15, 0.2) is 0 Å². The Bertz CT molecular complexity index is 1170. The molecule has 6 rings (SSSR count). The fourth-order valence-electron chi connectivity index (χ4n) is 5.86. The summed E-state index contributed by atoms with van der Waals surface area (Å²) in [7, 11) is 0. The SMILES string of the molecule is O=C(C1CCN(CC(F)(F)F)CC1)N1Cc2cccnc2Nc2cc(F)c(N3C[C@@H]4C[C@H]3CO4)cc21. The Morgan fingerprint density at radius 3 is 2.69 bits per heavy atom. The van der Waals surface area contributed by atoms with E-state index in [1.165, 1.54) is 11.0 Å². The van der Waals surface area contributed by atoms with E-state index in [0.29, 0.717) is 48.9 Å². The summed E-state index contributed by atoms with van der Waals surface area (Å²) in [6.07, 6.45) is -1.01. The molecule has 3 fully saturated rings. The largest absolute Gasteiger partial charge is 0.401 e. The molecule has 11 heteroatoms. The number of pyridine rings is 1. The molecule has 0 radical (unpaired) electrons. The lowest BCUT2D eigenvalue weighted by Gasteiger charge is -2.35. The predicted octanol–water partition coefficient (Wildman–Crippen LogP) is 4.06. The number of rotatable bonds is 3. The van der Waals surface area contributed by atoms with Crippen molar-refractivity contribution in [3.05, 3.63) is 41.8 Å². The summed E-state index contributed by atoms with van der Waals surface area (Å²) in [6.45, 7) is 0.838. The van der Waals surface area contributed by atoms with Crippen LogP contribution in [0.5, 0.6) is 0 Å². The molecule has 1 aromatic heterocycles. The van der Waals surface area contributed by atoms with Gasteiger partial charge >= 0.3 is 6.18 Å². The molecule has 0 aliphatic carbocycles. The number of nitrogens with zero attached hydrogens (tertiary/aromatic N) is 4. The van der Waals surface area contributed by atoms with Crippen molar-refractivity contribution in [1.82, 2.24) is 9.88 Å². The maximum absolute atomic E-state index is 15.4. The Morgan fingerprint density at radius 1 is 1.19 bits per heavy atom. The fraction of sp³-hybridized carbons (Fsp3) is 0.520. The van der Waals surface area contributed by atoms with Crippen LogP contribution >= 0.6 is 0 Å². The molecule has 5 heterocycles. The van der Waals surface area contributed by atoms with Gasteiger partial charge in [0.05, 0.1) is 48.9 Å². The summed E-state index contributed by atoms with van der Waals surface area (Å²) in [5, 5.41) is 3.19. The van der Waals surface area contributed by atoms with Crippen molar-refractivity contribution in [2.24, 2.45) is 5.92 Å². The number of hydrogen-bond acceptors (Lipinski definition) is 6. The standard InChI is InChI=1S/C25H27F4N5O2/c26-19-9-20-22(10-21(19)33-12-18-8-17(33)13-36-18)34(11-16-2-1-5-30-23(16)31-20)24(35)15-3-6-32(7-4-15)14-25(27,28)29/h1-2,5,9-10,15,17-18H,3-4,6-8,11-14H2,(H,30,31)/t17-,18-/m0/s1. The number of likely N-dealkylation sites (tertiary alicyclic amines) is 1. The highest BCUT2D eigenvalue weighted by Gasteiger charge is 2.41. The third-order valence-electron chi connectivity index (χ3n) is 7.64. The third kappa shape index (κ3) is 4.39. The molecule has 7 nitrogen and oxygen atoms in total. The van der Waals surface area contributed by atoms with Crippen molar-refractivity contribution in [1.29, 1.82) is 0 Å². The van der Waals surface area contributed by atoms with Crippen LogP contribution in [-0.4, -0.2) is 66.9 Å². The van der Waals surface area contributed by atoms with Crippen LogP contribution in [0.3, 0.4) is 0 Å². The molecule has 192 valence electrons. The number of carbonyl (C=O) groups excluding carboxylic acids is 1. The van der Waals surface area contributed by atoms with Crippen molar-refractivity contribution in [3.8, 4) is 0 Å². The first kappa shape index (κ1) is 23.5. The molecule has 2 aromatic rings. The van der Waals surface area contributed by atoms with Crippen LogP contribution in [0.2, 0.25) is 0 Å². The van der Waals surface area contributed by atoms with Crippen molar-refractivity contribution in [2.75, 3.05) is 47.9 Å². The van der Waals surface area contributed by atoms with Crippen molar-refractivity contribution in [3.63, 3.8) is 0 Å². The highest BCUT2D eigenvalue weighted by molar-refractivity contribution is 6.00. The monoisotopic (exact) mass is 505 g/mol. The smallest absolute Gasteiger partial charge is 0.374 e. The lowest BCUT2D eigenvalue weighted by molar-refractivity contribution is -0.149. The Morgan fingerprint density at radius 2 is 2.00 bits per heavy atom. The zero-order valence-electron chi connectivity index (χ0n) is 19.6. The molecule has 1 aromatic carbocycles. The number of morpholine rings is 1. The van der Waals surface area contributed by atoms with E-state index in [4.69, 9.17) is 4.74 Å². The second-order valence-electron chi connectivity index (χ2n) is 10.0. The second kappa shape index (κ2) is 8.88. The Kier molecular flexibility index (Phi) is 5.79. The number of ether oxygens (including phenoxy) is 1. The minimum atomic E-state index is -4.26. The van der Waals surface area contributed by atoms with Crippen LogP contribution < -0.4 is 15.1 Å². The summed E-state index contributed by atoms with van der Waals surface area (Å²) in [5.41, 5.74) is 2.21. The van der Waals surface area contributed by atoms with Crippen LogP contribution in [0, 0.1) is 11.7 Å². The topological polar surface area (TPSA) is 60.9 Å².